The van der Waals surface area contributed by atoms with Crippen molar-refractivity contribution in [3.63, 3.8) is 0 Å². The molecule has 1 aliphatic rings. The van der Waals surface area contributed by atoms with Crippen LogP contribution in [0.4, 0.5) is 14.5 Å². The van der Waals surface area contributed by atoms with Crippen LogP contribution in [0.3, 0.4) is 0 Å². The van der Waals surface area contributed by atoms with E-state index < -0.39 is 23.8 Å². The fourth-order valence-corrected chi connectivity index (χ4v) is 2.92. The molecule has 7 nitrogen and oxygen atoms in total. The van der Waals surface area contributed by atoms with E-state index in [1.165, 1.54) is 26.2 Å². The predicted octanol–water partition coefficient (Wildman–Crippen LogP) is 5.21. The second-order valence-electron chi connectivity index (χ2n) is 6.98. The molecule has 0 aliphatic carbocycles. The molecule has 0 saturated carbocycles. The normalized spacial score (nSPS) is 17.5. The Hall–Kier alpha value is -3.07. The molecule has 9 heteroatoms. The van der Waals surface area contributed by atoms with Gasteiger partial charge in [-0.25, -0.2) is 4.39 Å². The van der Waals surface area contributed by atoms with Gasteiger partial charge >= 0.3 is 5.97 Å². The molecule has 1 fully saturated rings. The molecular formula is C24H32F2N2O5. The zero-order chi connectivity index (χ0) is 25.0. The highest BCUT2D eigenvalue weighted by Gasteiger charge is 2.28. The minimum absolute atomic E-state index is 0.0694. The number of carbonyl (C=O) groups excluding carboxylic acids is 2. The van der Waals surface area contributed by atoms with Crippen molar-refractivity contribution >= 4 is 17.6 Å². The lowest BCUT2D eigenvalue weighted by Gasteiger charge is -2.14. The summed E-state index contributed by atoms with van der Waals surface area (Å²) in [5, 5.41) is 2.81. The lowest BCUT2D eigenvalue weighted by Crippen LogP contribution is -2.27. The van der Waals surface area contributed by atoms with Crippen molar-refractivity contribution in [1.29, 1.82) is 0 Å². The molecule has 1 aliphatic heterocycles. The van der Waals surface area contributed by atoms with E-state index in [1.807, 2.05) is 20.8 Å². The van der Waals surface area contributed by atoms with Crippen LogP contribution in [0.2, 0.25) is 0 Å². The number of anilines is 1. The Bertz CT molecular complexity index is 910. The minimum atomic E-state index is -0.940. The maximum atomic E-state index is 12.5. The summed E-state index contributed by atoms with van der Waals surface area (Å²) in [6.45, 7) is 9.04. The van der Waals surface area contributed by atoms with Crippen LogP contribution in [-0.4, -0.2) is 36.2 Å². The number of esters is 1. The first kappa shape index (κ1) is 28.0. The molecule has 0 spiro atoms. The maximum Gasteiger partial charge on any atom is 0.303 e. The zero-order valence-corrected chi connectivity index (χ0v) is 19.9. The van der Waals surface area contributed by atoms with E-state index in [0.29, 0.717) is 11.4 Å². The standard InChI is InChI=1S/C15H20N2O4.C7H6F2O.C2H6/c1-9-4-5-14(20-9)15(19)17-12-6-7-16-13(8-12)10(2)21-11(3)18;1-10-6-4-2-3-5(8)7(6)9;1-2/h6-10,14H,4-5H2,1-3H3,(H,16,17,19);2-4H,1H3;1-2H3/t9-,10?,14-;;/m1../s1. The number of rotatable bonds is 5. The number of amides is 1. The molecule has 1 unspecified atom stereocenters. The smallest absolute Gasteiger partial charge is 0.303 e. The topological polar surface area (TPSA) is 86.8 Å². The second kappa shape index (κ2) is 14.2. The summed E-state index contributed by atoms with van der Waals surface area (Å²) in [5.41, 5.74) is 1.20. The average Bonchev–Trinajstić information content (AvgIpc) is 3.24. The molecule has 1 N–H and O–H groups in total. The van der Waals surface area contributed by atoms with Gasteiger partial charge in [0, 0.05) is 18.8 Å². The molecule has 2 heterocycles. The van der Waals surface area contributed by atoms with Gasteiger partial charge in [-0.15, -0.1) is 0 Å². The van der Waals surface area contributed by atoms with Crippen molar-refractivity contribution < 1.29 is 32.6 Å². The minimum Gasteiger partial charge on any atom is -0.494 e. The predicted molar refractivity (Wildman–Crippen MR) is 121 cm³/mol. The number of carbonyl (C=O) groups is 2. The third-order valence-corrected chi connectivity index (χ3v) is 4.47. The van der Waals surface area contributed by atoms with E-state index in [1.54, 1.807) is 25.3 Å². The van der Waals surface area contributed by atoms with E-state index in [2.05, 4.69) is 15.0 Å². The van der Waals surface area contributed by atoms with Crippen LogP contribution in [0.15, 0.2) is 36.5 Å². The SMILES string of the molecule is CC.CC(=O)OC(C)c1cc(NC(=O)[C@H]2CC[C@@H](C)O2)ccn1.COc1cccc(F)c1F. The Morgan fingerprint density at radius 2 is 1.91 bits per heavy atom. The molecule has 3 atom stereocenters. The van der Waals surface area contributed by atoms with Gasteiger partial charge in [-0.2, -0.15) is 4.39 Å². The highest BCUT2D eigenvalue weighted by molar-refractivity contribution is 5.94. The van der Waals surface area contributed by atoms with Crippen molar-refractivity contribution in [3.05, 3.63) is 53.9 Å². The van der Waals surface area contributed by atoms with E-state index in [9.17, 15) is 18.4 Å². The first-order valence-corrected chi connectivity index (χ1v) is 10.8. The fourth-order valence-electron chi connectivity index (χ4n) is 2.92. The van der Waals surface area contributed by atoms with Crippen molar-refractivity contribution in [2.45, 2.75) is 65.8 Å². The van der Waals surface area contributed by atoms with Gasteiger partial charge in [-0.1, -0.05) is 19.9 Å². The molecule has 2 aromatic rings. The molecule has 1 aromatic heterocycles. The molecule has 3 rings (SSSR count). The number of hydrogen-bond donors (Lipinski definition) is 1. The van der Waals surface area contributed by atoms with Gasteiger partial charge in [0.15, 0.2) is 11.6 Å². The number of nitrogens with zero attached hydrogens (tertiary/aromatic N) is 1. The van der Waals surface area contributed by atoms with E-state index in [-0.39, 0.29) is 23.7 Å². The van der Waals surface area contributed by atoms with Crippen molar-refractivity contribution in [2.75, 3.05) is 12.4 Å². The molecule has 33 heavy (non-hydrogen) atoms. The first-order valence-electron chi connectivity index (χ1n) is 10.8. The van der Waals surface area contributed by atoms with Gasteiger partial charge in [0.1, 0.15) is 12.2 Å². The van der Waals surface area contributed by atoms with Gasteiger partial charge < -0.3 is 19.5 Å². The molecule has 182 valence electrons. The third kappa shape index (κ3) is 9.13. The summed E-state index contributed by atoms with van der Waals surface area (Å²) in [4.78, 5) is 27.2. The highest BCUT2D eigenvalue weighted by Crippen LogP contribution is 2.22. The first-order chi connectivity index (χ1) is 15.7. The summed E-state index contributed by atoms with van der Waals surface area (Å²) in [6, 6.07) is 7.18. The molecule has 1 amide bonds. The number of hydrogen-bond acceptors (Lipinski definition) is 6. The third-order valence-electron chi connectivity index (χ3n) is 4.47. The van der Waals surface area contributed by atoms with E-state index >= 15 is 0 Å². The Kier molecular flexibility index (Phi) is 12.0. The molecule has 0 radical (unpaired) electrons. The van der Waals surface area contributed by atoms with Crippen LogP contribution in [0.25, 0.3) is 0 Å². The van der Waals surface area contributed by atoms with Gasteiger partial charge in [-0.05, 0) is 51.0 Å². The number of ether oxygens (including phenoxy) is 3. The zero-order valence-electron chi connectivity index (χ0n) is 19.9. The molecular weight excluding hydrogens is 434 g/mol. The number of pyridine rings is 1. The van der Waals surface area contributed by atoms with Crippen LogP contribution in [0, 0.1) is 11.6 Å². The number of nitrogens with one attached hydrogen (secondary N) is 1. The summed E-state index contributed by atoms with van der Waals surface area (Å²) in [5.74, 6) is -2.42. The summed E-state index contributed by atoms with van der Waals surface area (Å²) in [6.07, 6.45) is 2.46. The highest BCUT2D eigenvalue weighted by atomic mass is 19.2. The Morgan fingerprint density at radius 3 is 2.45 bits per heavy atom. The van der Waals surface area contributed by atoms with Crippen LogP contribution in [0.1, 0.15) is 59.3 Å². The average molecular weight is 467 g/mol. The fraction of sp³-hybridized carbons (Fsp3) is 0.458. The Labute approximate surface area is 193 Å². The van der Waals surface area contributed by atoms with Crippen molar-refractivity contribution in [1.82, 2.24) is 4.98 Å². The van der Waals surface area contributed by atoms with Crippen LogP contribution in [-0.2, 0) is 19.1 Å². The largest absolute Gasteiger partial charge is 0.494 e. The Balaban J connectivity index is 0.000000380. The van der Waals surface area contributed by atoms with Gasteiger partial charge in [-0.3, -0.25) is 14.6 Å². The van der Waals surface area contributed by atoms with Gasteiger partial charge in [0.2, 0.25) is 5.82 Å². The second-order valence-corrected chi connectivity index (χ2v) is 6.98. The lowest BCUT2D eigenvalue weighted by molar-refractivity contribution is -0.146. The monoisotopic (exact) mass is 466 g/mol. The summed E-state index contributed by atoms with van der Waals surface area (Å²) in [7, 11) is 1.29. The number of methoxy groups -OCH3 is 1. The number of aromatic nitrogens is 1. The number of benzene rings is 1. The van der Waals surface area contributed by atoms with E-state index in [0.717, 1.165) is 18.9 Å². The van der Waals surface area contributed by atoms with Gasteiger partial charge in [0.05, 0.1) is 18.9 Å². The Morgan fingerprint density at radius 1 is 1.21 bits per heavy atom. The van der Waals surface area contributed by atoms with Crippen molar-refractivity contribution in [3.8, 4) is 5.75 Å². The van der Waals surface area contributed by atoms with E-state index in [4.69, 9.17) is 9.47 Å². The quantitative estimate of drug-likeness (QED) is 0.609. The summed E-state index contributed by atoms with van der Waals surface area (Å²) >= 11 is 0. The molecule has 1 saturated heterocycles. The number of halogens is 2. The maximum absolute atomic E-state index is 12.5. The lowest BCUT2D eigenvalue weighted by atomic mass is 10.2. The summed E-state index contributed by atoms with van der Waals surface area (Å²) < 4.78 is 39.9. The molecule has 1 aromatic carbocycles. The van der Waals surface area contributed by atoms with Crippen LogP contribution in [0.5, 0.6) is 5.75 Å². The van der Waals surface area contributed by atoms with Crippen molar-refractivity contribution in [2.24, 2.45) is 0 Å². The molecule has 0 bridgehead atoms. The van der Waals surface area contributed by atoms with Crippen LogP contribution < -0.4 is 10.1 Å². The van der Waals surface area contributed by atoms with Gasteiger partial charge in [0.25, 0.3) is 5.91 Å². The van der Waals surface area contributed by atoms with Crippen LogP contribution >= 0.6 is 0 Å².